The van der Waals surface area contributed by atoms with Gasteiger partial charge in [-0.2, -0.15) is 0 Å². The van der Waals surface area contributed by atoms with Crippen LogP contribution in [0.5, 0.6) is 0 Å². The fraction of sp³-hybridized carbons (Fsp3) is 0.800. The summed E-state index contributed by atoms with van der Waals surface area (Å²) in [5, 5.41) is 0. The molecule has 0 saturated carbocycles. The highest BCUT2D eigenvalue weighted by molar-refractivity contribution is 5.08. The van der Waals surface area contributed by atoms with E-state index in [0.29, 0.717) is 0 Å². The number of imidazole rings is 1. The Morgan fingerprint density at radius 1 is 1.22 bits per heavy atom. The first-order valence-electron chi connectivity index (χ1n) is 7.62. The van der Waals surface area contributed by atoms with Gasteiger partial charge in [-0.15, -0.1) is 0 Å². The third-order valence-corrected chi connectivity index (χ3v) is 4.71. The molecule has 1 aromatic heterocycles. The molecule has 1 fully saturated rings. The summed E-state index contributed by atoms with van der Waals surface area (Å²) in [4.78, 5) is 7.25. The average Bonchev–Trinajstić information content (AvgIpc) is 2.83. The van der Waals surface area contributed by atoms with Crippen molar-refractivity contribution in [2.75, 3.05) is 19.6 Å². The number of nitrogens with zero attached hydrogens (tertiary/aromatic N) is 3. The molecule has 0 unspecified atom stereocenters. The summed E-state index contributed by atoms with van der Waals surface area (Å²) in [6, 6.07) is 0. The number of aromatic nitrogens is 2. The van der Waals surface area contributed by atoms with E-state index in [9.17, 15) is 0 Å². The summed E-state index contributed by atoms with van der Waals surface area (Å²) >= 11 is 0. The molecular weight excluding hydrogens is 222 g/mol. The lowest BCUT2D eigenvalue weighted by molar-refractivity contribution is 0.190. The number of hydrogen-bond acceptors (Lipinski definition) is 2. The van der Waals surface area contributed by atoms with Gasteiger partial charge in [-0.1, -0.05) is 6.92 Å². The Hall–Kier alpha value is -0.830. The van der Waals surface area contributed by atoms with Crippen LogP contribution in [0.15, 0.2) is 6.20 Å². The maximum absolute atomic E-state index is 4.68. The molecule has 0 aromatic carbocycles. The Bertz CT molecular complexity index is 388. The Kier molecular flexibility index (Phi) is 3.69. The number of hydrogen-bond donors (Lipinski definition) is 0. The van der Waals surface area contributed by atoms with Crippen molar-refractivity contribution in [3.05, 3.63) is 17.7 Å². The van der Waals surface area contributed by atoms with Gasteiger partial charge >= 0.3 is 0 Å². The zero-order valence-corrected chi connectivity index (χ0v) is 11.6. The largest absolute Gasteiger partial charge is 0.332 e. The van der Waals surface area contributed by atoms with Crippen LogP contribution in [0.4, 0.5) is 0 Å². The van der Waals surface area contributed by atoms with E-state index in [4.69, 9.17) is 0 Å². The Morgan fingerprint density at radius 2 is 2.06 bits per heavy atom. The number of fused-ring (bicyclic) bond motifs is 1. The minimum atomic E-state index is 0.862. The van der Waals surface area contributed by atoms with Crippen LogP contribution in [0.25, 0.3) is 0 Å². The lowest BCUT2D eigenvalue weighted by atomic mass is 9.93. The van der Waals surface area contributed by atoms with Crippen LogP contribution in [0, 0.1) is 5.92 Å². The molecular formula is C15H25N3. The van der Waals surface area contributed by atoms with E-state index in [1.54, 1.807) is 0 Å². The van der Waals surface area contributed by atoms with Crippen LogP contribution in [0.3, 0.4) is 0 Å². The highest BCUT2D eigenvalue weighted by Gasteiger charge is 2.21. The van der Waals surface area contributed by atoms with E-state index in [1.165, 1.54) is 76.2 Å². The quantitative estimate of drug-likeness (QED) is 0.818. The average molecular weight is 247 g/mol. The smallest absolute Gasteiger partial charge is 0.109 e. The van der Waals surface area contributed by atoms with E-state index in [2.05, 4.69) is 27.6 Å². The van der Waals surface area contributed by atoms with E-state index >= 15 is 0 Å². The molecule has 1 saturated heterocycles. The van der Waals surface area contributed by atoms with Crippen molar-refractivity contribution < 1.29 is 0 Å². The third kappa shape index (κ3) is 2.46. The predicted molar refractivity (Wildman–Crippen MR) is 73.7 cm³/mol. The SMILES string of the molecule is CCN1CCC(Cc2ncc3n2CCCC3)CC1. The van der Waals surface area contributed by atoms with Gasteiger partial charge in [-0.25, -0.2) is 4.98 Å². The maximum atomic E-state index is 4.68. The van der Waals surface area contributed by atoms with Crippen LogP contribution in [0.1, 0.15) is 44.1 Å². The van der Waals surface area contributed by atoms with E-state index in [1.807, 2.05) is 0 Å². The second-order valence-corrected chi connectivity index (χ2v) is 5.86. The molecule has 100 valence electrons. The second-order valence-electron chi connectivity index (χ2n) is 5.86. The summed E-state index contributed by atoms with van der Waals surface area (Å²) < 4.78 is 2.50. The van der Waals surface area contributed by atoms with Crippen LogP contribution < -0.4 is 0 Å². The first kappa shape index (κ1) is 12.2. The zero-order chi connectivity index (χ0) is 12.4. The van der Waals surface area contributed by atoms with Crippen LogP contribution >= 0.6 is 0 Å². The first-order valence-corrected chi connectivity index (χ1v) is 7.62. The third-order valence-electron chi connectivity index (χ3n) is 4.71. The highest BCUT2D eigenvalue weighted by atomic mass is 15.1. The van der Waals surface area contributed by atoms with Crippen molar-refractivity contribution in [3.8, 4) is 0 Å². The number of likely N-dealkylation sites (tertiary alicyclic amines) is 1. The molecule has 3 rings (SSSR count). The van der Waals surface area contributed by atoms with Crippen LogP contribution in [-0.4, -0.2) is 34.1 Å². The van der Waals surface area contributed by atoms with Crippen LogP contribution in [-0.2, 0) is 19.4 Å². The molecule has 18 heavy (non-hydrogen) atoms. The topological polar surface area (TPSA) is 21.1 Å². The number of aryl methyl sites for hydroxylation is 1. The van der Waals surface area contributed by atoms with E-state index in [-0.39, 0.29) is 0 Å². The van der Waals surface area contributed by atoms with Crippen molar-refractivity contribution in [1.29, 1.82) is 0 Å². The van der Waals surface area contributed by atoms with Crippen molar-refractivity contribution in [3.63, 3.8) is 0 Å². The lowest BCUT2D eigenvalue weighted by Gasteiger charge is -2.31. The van der Waals surface area contributed by atoms with Gasteiger partial charge in [-0.05, 0) is 57.7 Å². The maximum Gasteiger partial charge on any atom is 0.109 e. The molecule has 0 amide bonds. The van der Waals surface area contributed by atoms with Crippen molar-refractivity contribution in [1.82, 2.24) is 14.5 Å². The zero-order valence-electron chi connectivity index (χ0n) is 11.6. The molecule has 2 aliphatic rings. The van der Waals surface area contributed by atoms with Crippen LogP contribution in [0.2, 0.25) is 0 Å². The van der Waals surface area contributed by atoms with Gasteiger partial charge in [0, 0.05) is 24.9 Å². The van der Waals surface area contributed by atoms with E-state index in [0.717, 1.165) is 5.92 Å². The van der Waals surface area contributed by atoms with Crippen molar-refractivity contribution >= 4 is 0 Å². The summed E-state index contributed by atoms with van der Waals surface area (Å²) in [6.45, 7) is 7.26. The fourth-order valence-corrected chi connectivity index (χ4v) is 3.43. The summed E-state index contributed by atoms with van der Waals surface area (Å²) in [5.74, 6) is 2.22. The van der Waals surface area contributed by atoms with Gasteiger partial charge in [-0.3, -0.25) is 0 Å². The van der Waals surface area contributed by atoms with Gasteiger partial charge in [0.1, 0.15) is 5.82 Å². The molecule has 3 heterocycles. The Labute approximate surface area is 110 Å². The van der Waals surface area contributed by atoms with Gasteiger partial charge < -0.3 is 9.47 Å². The van der Waals surface area contributed by atoms with Crippen molar-refractivity contribution in [2.45, 2.75) is 52.0 Å². The monoisotopic (exact) mass is 247 g/mol. The Balaban J connectivity index is 1.61. The molecule has 0 atom stereocenters. The molecule has 1 aromatic rings. The molecule has 0 N–H and O–H groups in total. The number of piperidine rings is 1. The minimum Gasteiger partial charge on any atom is -0.332 e. The summed E-state index contributed by atoms with van der Waals surface area (Å²) in [5.41, 5.74) is 1.47. The Morgan fingerprint density at radius 3 is 2.83 bits per heavy atom. The summed E-state index contributed by atoms with van der Waals surface area (Å²) in [6.07, 6.45) is 9.96. The first-order chi connectivity index (χ1) is 8.86. The number of rotatable bonds is 3. The van der Waals surface area contributed by atoms with Gasteiger partial charge in [0.2, 0.25) is 0 Å². The van der Waals surface area contributed by atoms with Crippen molar-refractivity contribution in [2.24, 2.45) is 5.92 Å². The van der Waals surface area contributed by atoms with Gasteiger partial charge in [0.05, 0.1) is 0 Å². The normalized spacial score (nSPS) is 22.1. The van der Waals surface area contributed by atoms with Gasteiger partial charge in [0.25, 0.3) is 0 Å². The highest BCUT2D eigenvalue weighted by Crippen LogP contribution is 2.23. The molecule has 3 heteroatoms. The molecule has 2 aliphatic heterocycles. The molecule has 0 bridgehead atoms. The molecule has 3 nitrogen and oxygen atoms in total. The van der Waals surface area contributed by atoms with Gasteiger partial charge in [0.15, 0.2) is 0 Å². The second kappa shape index (κ2) is 5.43. The molecule has 0 spiro atoms. The minimum absolute atomic E-state index is 0.862. The fourth-order valence-electron chi connectivity index (χ4n) is 3.43. The lowest BCUT2D eigenvalue weighted by Crippen LogP contribution is -2.34. The summed E-state index contributed by atoms with van der Waals surface area (Å²) in [7, 11) is 0. The predicted octanol–water partition coefficient (Wildman–Crippen LogP) is 2.49. The molecule has 0 radical (unpaired) electrons. The van der Waals surface area contributed by atoms with E-state index < -0.39 is 0 Å². The standard InChI is InChI=1S/C15H25N3/c1-2-17-9-6-13(7-10-17)11-15-16-12-14-5-3-4-8-18(14)15/h12-13H,2-11H2,1H3. The molecule has 0 aliphatic carbocycles.